The van der Waals surface area contributed by atoms with Crippen LogP contribution in [0.25, 0.3) is 22.2 Å². The van der Waals surface area contributed by atoms with Crippen LogP contribution in [0.1, 0.15) is 0 Å². The molecule has 0 atom stereocenters. The van der Waals surface area contributed by atoms with E-state index in [0.717, 1.165) is 15.2 Å². The molecular weight excluding hydrogens is 280 g/mol. The number of rotatable bonds is 1. The van der Waals surface area contributed by atoms with Crippen LogP contribution in [0.15, 0.2) is 47.2 Å². The first-order chi connectivity index (χ1) is 8.24. The molecule has 2 aromatic carbocycles. The highest BCUT2D eigenvalue weighted by Crippen LogP contribution is 2.32. The average molecular weight is 289 g/mol. The number of aromatic amines is 1. The highest BCUT2D eigenvalue weighted by atomic mass is 79.9. The molecule has 3 rings (SSSR count). The molecule has 0 aliphatic rings. The van der Waals surface area contributed by atoms with E-state index in [1.54, 1.807) is 18.5 Å². The highest BCUT2D eigenvalue weighted by Gasteiger charge is 2.08. The zero-order valence-corrected chi connectivity index (χ0v) is 10.4. The smallest absolute Gasteiger partial charge is 0.141 e. The van der Waals surface area contributed by atoms with Crippen molar-refractivity contribution in [3.63, 3.8) is 0 Å². The molecule has 4 heteroatoms. The Morgan fingerprint density at radius 1 is 1.12 bits per heavy atom. The average Bonchev–Trinajstić information content (AvgIpc) is 2.82. The Hall–Kier alpha value is -1.81. The fourth-order valence-electron chi connectivity index (χ4n) is 1.86. The van der Waals surface area contributed by atoms with E-state index in [9.17, 15) is 5.11 Å². The van der Waals surface area contributed by atoms with Gasteiger partial charge in [0.2, 0.25) is 0 Å². The van der Waals surface area contributed by atoms with Gasteiger partial charge in [0.15, 0.2) is 0 Å². The number of halogens is 1. The highest BCUT2D eigenvalue weighted by molar-refractivity contribution is 9.10. The van der Waals surface area contributed by atoms with Crippen molar-refractivity contribution in [3.05, 3.63) is 47.2 Å². The molecule has 0 amide bonds. The summed E-state index contributed by atoms with van der Waals surface area (Å²) in [5.74, 6) is 0.902. The number of nitrogens with zero attached hydrogens (tertiary/aromatic N) is 1. The van der Waals surface area contributed by atoms with Crippen molar-refractivity contribution in [2.45, 2.75) is 0 Å². The van der Waals surface area contributed by atoms with Crippen LogP contribution in [-0.4, -0.2) is 15.1 Å². The molecule has 0 aliphatic heterocycles. The molecule has 3 nitrogen and oxygen atoms in total. The number of fused-ring (bicyclic) bond motifs is 1. The lowest BCUT2D eigenvalue weighted by Crippen LogP contribution is -1.83. The topological polar surface area (TPSA) is 48.9 Å². The van der Waals surface area contributed by atoms with Crippen LogP contribution in [0.5, 0.6) is 5.75 Å². The summed E-state index contributed by atoms with van der Waals surface area (Å²) in [6, 6.07) is 9.61. The number of imidazole rings is 1. The van der Waals surface area contributed by atoms with Crippen LogP contribution in [0.2, 0.25) is 0 Å². The van der Waals surface area contributed by atoms with E-state index in [-0.39, 0.29) is 5.75 Å². The molecule has 0 aliphatic carbocycles. The Bertz CT molecular complexity index is 677. The standard InChI is InChI=1S/C13H9BrN2O/c14-10-2-1-8-7-12(17)11(6-9(8)5-10)13-15-3-4-16-13/h1-7,17H,(H,15,16). The molecule has 0 fully saturated rings. The van der Waals surface area contributed by atoms with Gasteiger partial charge >= 0.3 is 0 Å². The minimum absolute atomic E-state index is 0.231. The minimum atomic E-state index is 0.231. The van der Waals surface area contributed by atoms with Crippen LogP contribution in [0.4, 0.5) is 0 Å². The van der Waals surface area contributed by atoms with Gasteiger partial charge in [-0.1, -0.05) is 22.0 Å². The molecule has 0 bridgehead atoms. The maximum absolute atomic E-state index is 9.98. The van der Waals surface area contributed by atoms with Crippen molar-refractivity contribution < 1.29 is 5.11 Å². The predicted octanol–water partition coefficient (Wildman–Crippen LogP) is 3.70. The fourth-order valence-corrected chi connectivity index (χ4v) is 2.24. The van der Waals surface area contributed by atoms with Crippen LogP contribution in [0, 0.1) is 0 Å². The molecule has 2 N–H and O–H groups in total. The van der Waals surface area contributed by atoms with E-state index in [2.05, 4.69) is 25.9 Å². The number of hydrogen-bond acceptors (Lipinski definition) is 2. The molecule has 1 heterocycles. The van der Waals surface area contributed by atoms with Gasteiger partial charge in [-0.25, -0.2) is 4.98 Å². The summed E-state index contributed by atoms with van der Waals surface area (Å²) >= 11 is 3.44. The summed E-state index contributed by atoms with van der Waals surface area (Å²) in [6.45, 7) is 0. The van der Waals surface area contributed by atoms with Crippen molar-refractivity contribution in [2.24, 2.45) is 0 Å². The van der Waals surface area contributed by atoms with E-state index in [1.165, 1.54) is 0 Å². The maximum Gasteiger partial charge on any atom is 0.141 e. The first kappa shape index (κ1) is 10.4. The summed E-state index contributed by atoms with van der Waals surface area (Å²) in [5, 5.41) is 12.0. The first-order valence-corrected chi connectivity index (χ1v) is 5.95. The Morgan fingerprint density at radius 3 is 2.76 bits per heavy atom. The zero-order chi connectivity index (χ0) is 11.8. The molecule has 0 saturated carbocycles. The Labute approximate surface area is 106 Å². The third-order valence-electron chi connectivity index (χ3n) is 2.67. The van der Waals surface area contributed by atoms with Gasteiger partial charge in [0.1, 0.15) is 11.6 Å². The molecule has 84 valence electrons. The van der Waals surface area contributed by atoms with E-state index >= 15 is 0 Å². The van der Waals surface area contributed by atoms with Gasteiger partial charge in [-0.2, -0.15) is 0 Å². The van der Waals surface area contributed by atoms with Gasteiger partial charge in [-0.05, 0) is 35.0 Å². The van der Waals surface area contributed by atoms with Gasteiger partial charge in [-0.15, -0.1) is 0 Å². The lowest BCUT2D eigenvalue weighted by Gasteiger charge is -2.05. The van der Waals surface area contributed by atoms with Gasteiger partial charge in [0.25, 0.3) is 0 Å². The quantitative estimate of drug-likeness (QED) is 0.717. The number of phenolic OH excluding ortho intramolecular Hbond substituents is 1. The molecule has 0 radical (unpaired) electrons. The third kappa shape index (κ3) is 1.80. The molecule has 1 aromatic heterocycles. The van der Waals surface area contributed by atoms with E-state index in [0.29, 0.717) is 11.4 Å². The molecule has 17 heavy (non-hydrogen) atoms. The molecule has 3 aromatic rings. The van der Waals surface area contributed by atoms with Gasteiger partial charge in [0.05, 0.1) is 5.56 Å². The lowest BCUT2D eigenvalue weighted by atomic mass is 10.1. The van der Waals surface area contributed by atoms with Crippen LogP contribution < -0.4 is 0 Å². The van der Waals surface area contributed by atoms with E-state index in [1.807, 2.05) is 24.3 Å². The number of aromatic nitrogens is 2. The fraction of sp³-hybridized carbons (Fsp3) is 0. The van der Waals surface area contributed by atoms with Crippen molar-refractivity contribution in [3.8, 4) is 17.1 Å². The number of nitrogens with one attached hydrogen (secondary N) is 1. The Morgan fingerprint density at radius 2 is 2.00 bits per heavy atom. The number of hydrogen-bond donors (Lipinski definition) is 2. The number of phenols is 1. The first-order valence-electron chi connectivity index (χ1n) is 5.16. The predicted molar refractivity (Wildman–Crippen MR) is 70.9 cm³/mol. The summed E-state index contributed by atoms with van der Waals surface area (Å²) < 4.78 is 1.01. The SMILES string of the molecule is Oc1cc2ccc(Br)cc2cc1-c1ncc[nH]1. The normalized spacial score (nSPS) is 10.9. The van der Waals surface area contributed by atoms with Crippen LogP contribution >= 0.6 is 15.9 Å². The number of aromatic hydroxyl groups is 1. The summed E-state index contributed by atoms with van der Waals surface area (Å²) in [6.07, 6.45) is 3.40. The summed E-state index contributed by atoms with van der Waals surface area (Å²) in [4.78, 5) is 7.14. The molecule has 0 spiro atoms. The van der Waals surface area contributed by atoms with Gasteiger partial charge < -0.3 is 10.1 Å². The zero-order valence-electron chi connectivity index (χ0n) is 8.81. The van der Waals surface area contributed by atoms with E-state index < -0.39 is 0 Å². The van der Waals surface area contributed by atoms with Crippen LogP contribution in [-0.2, 0) is 0 Å². The van der Waals surface area contributed by atoms with Gasteiger partial charge in [0, 0.05) is 16.9 Å². The second-order valence-corrected chi connectivity index (χ2v) is 4.71. The van der Waals surface area contributed by atoms with Gasteiger partial charge in [-0.3, -0.25) is 0 Å². The van der Waals surface area contributed by atoms with Crippen LogP contribution in [0.3, 0.4) is 0 Å². The van der Waals surface area contributed by atoms with Crippen molar-refractivity contribution in [1.82, 2.24) is 9.97 Å². The maximum atomic E-state index is 9.98. The Balaban J connectivity index is 2.29. The largest absolute Gasteiger partial charge is 0.507 e. The van der Waals surface area contributed by atoms with Crippen molar-refractivity contribution in [2.75, 3.05) is 0 Å². The van der Waals surface area contributed by atoms with Crippen molar-refractivity contribution >= 4 is 26.7 Å². The number of H-pyrrole nitrogens is 1. The molecule has 0 unspecified atom stereocenters. The second kappa shape index (κ2) is 3.89. The van der Waals surface area contributed by atoms with E-state index in [4.69, 9.17) is 0 Å². The minimum Gasteiger partial charge on any atom is -0.507 e. The monoisotopic (exact) mass is 288 g/mol. The summed E-state index contributed by atoms with van der Waals surface area (Å²) in [5.41, 5.74) is 0.709. The lowest BCUT2D eigenvalue weighted by molar-refractivity contribution is 0.478. The Kier molecular flexibility index (Phi) is 2.37. The molecular formula is C13H9BrN2O. The third-order valence-corrected chi connectivity index (χ3v) is 3.16. The van der Waals surface area contributed by atoms with Crippen molar-refractivity contribution in [1.29, 1.82) is 0 Å². The summed E-state index contributed by atoms with van der Waals surface area (Å²) in [7, 11) is 0. The number of benzene rings is 2. The molecule has 0 saturated heterocycles. The second-order valence-electron chi connectivity index (χ2n) is 3.80.